The molecule has 0 aromatic heterocycles. The maximum absolute atomic E-state index is 12.6. The molecule has 2 N–H and O–H groups in total. The molecule has 194 valence electrons. The number of nitrogens with one attached hydrogen (secondary N) is 2. The summed E-state index contributed by atoms with van der Waals surface area (Å²) >= 11 is 0. The largest absolute Gasteiger partial charge is 0.460 e. The van der Waals surface area contributed by atoms with Gasteiger partial charge in [-0.25, -0.2) is 0 Å². The Morgan fingerprint density at radius 2 is 1.24 bits per heavy atom. The van der Waals surface area contributed by atoms with Crippen LogP contribution in [0.1, 0.15) is 46.5 Å². The van der Waals surface area contributed by atoms with Gasteiger partial charge in [0.15, 0.2) is 0 Å². The Morgan fingerprint density at radius 1 is 0.765 bits per heavy atom. The molecule has 0 aliphatic rings. The van der Waals surface area contributed by atoms with E-state index in [4.69, 9.17) is 18.9 Å². The molecule has 0 aliphatic heterocycles. The van der Waals surface area contributed by atoms with Crippen LogP contribution in [0.15, 0.2) is 38.0 Å². The number of rotatable bonds is 20. The van der Waals surface area contributed by atoms with E-state index in [1.165, 1.54) is 0 Å². The van der Waals surface area contributed by atoms with Gasteiger partial charge in [-0.2, -0.15) is 0 Å². The molecule has 0 heterocycles. The van der Waals surface area contributed by atoms with E-state index in [-0.39, 0.29) is 56.9 Å². The summed E-state index contributed by atoms with van der Waals surface area (Å²) in [5, 5.41) is 5.62. The van der Waals surface area contributed by atoms with Crippen molar-refractivity contribution in [2.24, 2.45) is 0 Å². The first-order valence-electron chi connectivity index (χ1n) is 11.4. The fourth-order valence-corrected chi connectivity index (χ4v) is 2.77. The van der Waals surface area contributed by atoms with E-state index in [9.17, 15) is 14.4 Å². The molecule has 0 aliphatic carbocycles. The van der Waals surface area contributed by atoms with Crippen LogP contribution < -0.4 is 10.6 Å². The van der Waals surface area contributed by atoms with Crippen LogP contribution >= 0.6 is 0 Å². The van der Waals surface area contributed by atoms with E-state index in [1.807, 2.05) is 0 Å². The number of carbonyl (C=O) groups excluding carboxylic acids is 3. The Balaban J connectivity index is 4.69. The predicted molar refractivity (Wildman–Crippen MR) is 131 cm³/mol. The van der Waals surface area contributed by atoms with Gasteiger partial charge in [-0.3, -0.25) is 14.4 Å². The molecule has 0 unspecified atom stereocenters. The smallest absolute Gasteiger partial charge is 0.306 e. The lowest BCUT2D eigenvalue weighted by Crippen LogP contribution is -2.58. The number of hydrogen-bond donors (Lipinski definition) is 2. The Bertz CT molecular complexity index is 620. The Kier molecular flexibility index (Phi) is 16.6. The summed E-state index contributed by atoms with van der Waals surface area (Å²) in [5.41, 5.74) is -1.48. The first kappa shape index (κ1) is 31.5. The lowest BCUT2D eigenvalue weighted by atomic mass is 10.0. The second-order valence-corrected chi connectivity index (χ2v) is 8.78. The van der Waals surface area contributed by atoms with Gasteiger partial charge in [-0.05, 0) is 27.2 Å². The molecule has 0 bridgehead atoms. The molecule has 0 aromatic rings. The molecule has 0 saturated heterocycles. The minimum Gasteiger partial charge on any atom is -0.460 e. The minimum atomic E-state index is -0.948. The van der Waals surface area contributed by atoms with Gasteiger partial charge in [-0.15, -0.1) is 19.7 Å². The third kappa shape index (κ3) is 17.0. The highest BCUT2D eigenvalue weighted by atomic mass is 16.6. The summed E-state index contributed by atoms with van der Waals surface area (Å²) in [4.78, 5) is 36.4. The molecule has 0 radical (unpaired) electrons. The quantitative estimate of drug-likeness (QED) is 0.156. The van der Waals surface area contributed by atoms with E-state index in [1.54, 1.807) is 39.0 Å². The third-order valence-electron chi connectivity index (χ3n) is 4.13. The molecule has 0 rings (SSSR count). The van der Waals surface area contributed by atoms with Crippen molar-refractivity contribution < 1.29 is 33.3 Å². The maximum Gasteiger partial charge on any atom is 0.306 e. The van der Waals surface area contributed by atoms with Crippen LogP contribution in [0, 0.1) is 0 Å². The van der Waals surface area contributed by atoms with Crippen LogP contribution in [-0.2, 0) is 33.3 Å². The van der Waals surface area contributed by atoms with Crippen LogP contribution in [-0.4, -0.2) is 75.1 Å². The monoisotopic (exact) mass is 482 g/mol. The van der Waals surface area contributed by atoms with Crippen LogP contribution in [0.3, 0.4) is 0 Å². The van der Waals surface area contributed by atoms with E-state index in [0.717, 1.165) is 0 Å². The van der Waals surface area contributed by atoms with Crippen molar-refractivity contribution in [2.45, 2.75) is 57.6 Å². The summed E-state index contributed by atoms with van der Waals surface area (Å²) in [6, 6.07) is 0. The lowest BCUT2D eigenvalue weighted by molar-refractivity contribution is -0.155. The number of esters is 1. The summed E-state index contributed by atoms with van der Waals surface area (Å²) in [6.45, 7) is 17.9. The highest BCUT2D eigenvalue weighted by Crippen LogP contribution is 2.11. The zero-order chi connectivity index (χ0) is 25.9. The number of ether oxygens (including phenoxy) is 4. The standard InChI is InChI=1S/C25H42N2O7/c1-7-15-31-18-25(19-32-16-8-2,20-33-17-9-3)27-22(29)13-12-21(28)26-14-10-11-23(30)34-24(4,5)6/h7-9H,1-3,10-20H2,4-6H3,(H,26,28)(H,27,29). The molecule has 9 heteroatoms. The number of amides is 2. The second kappa shape index (κ2) is 17.9. The van der Waals surface area contributed by atoms with Crippen LogP contribution in [0.4, 0.5) is 0 Å². The molecule has 0 saturated carbocycles. The van der Waals surface area contributed by atoms with Gasteiger partial charge in [0.25, 0.3) is 0 Å². The van der Waals surface area contributed by atoms with Crippen molar-refractivity contribution in [3.05, 3.63) is 38.0 Å². The van der Waals surface area contributed by atoms with E-state index < -0.39 is 11.1 Å². The fourth-order valence-electron chi connectivity index (χ4n) is 2.77. The molecule has 0 spiro atoms. The Hall–Kier alpha value is -2.49. The third-order valence-corrected chi connectivity index (χ3v) is 4.13. The van der Waals surface area contributed by atoms with E-state index in [2.05, 4.69) is 30.4 Å². The van der Waals surface area contributed by atoms with Gasteiger partial charge in [0.1, 0.15) is 11.1 Å². The average Bonchev–Trinajstić information content (AvgIpc) is 2.74. The van der Waals surface area contributed by atoms with Crippen molar-refractivity contribution in [1.29, 1.82) is 0 Å². The summed E-state index contributed by atoms with van der Waals surface area (Å²) in [5.74, 6) is -0.928. The van der Waals surface area contributed by atoms with Gasteiger partial charge in [0.2, 0.25) is 11.8 Å². The van der Waals surface area contributed by atoms with Gasteiger partial charge in [0, 0.05) is 25.8 Å². The molecule has 0 fully saturated rings. The van der Waals surface area contributed by atoms with Gasteiger partial charge in [0.05, 0.1) is 39.6 Å². The summed E-state index contributed by atoms with van der Waals surface area (Å²) < 4.78 is 22.0. The van der Waals surface area contributed by atoms with Gasteiger partial charge >= 0.3 is 5.97 Å². The maximum atomic E-state index is 12.6. The van der Waals surface area contributed by atoms with Gasteiger partial charge in [-0.1, -0.05) is 18.2 Å². The molecule has 2 amide bonds. The first-order valence-corrected chi connectivity index (χ1v) is 11.4. The van der Waals surface area contributed by atoms with E-state index >= 15 is 0 Å². The average molecular weight is 483 g/mol. The number of hydrogen-bond acceptors (Lipinski definition) is 7. The minimum absolute atomic E-state index is 0.00287. The first-order chi connectivity index (χ1) is 16.1. The molecule has 34 heavy (non-hydrogen) atoms. The fraction of sp³-hybridized carbons (Fsp3) is 0.640. The molecule has 0 atom stereocenters. The summed E-state index contributed by atoms with van der Waals surface area (Å²) in [7, 11) is 0. The SMILES string of the molecule is C=CCOCC(COCC=C)(COCC=C)NC(=O)CCC(=O)NCCCC(=O)OC(C)(C)C. The normalized spacial score (nSPS) is 11.4. The number of carbonyl (C=O) groups is 3. The molecule has 0 aromatic carbocycles. The molecular weight excluding hydrogens is 440 g/mol. The van der Waals surface area contributed by atoms with Crippen molar-refractivity contribution in [3.8, 4) is 0 Å². The highest BCUT2D eigenvalue weighted by Gasteiger charge is 2.33. The predicted octanol–water partition coefficient (Wildman–Crippen LogP) is 2.47. The lowest BCUT2D eigenvalue weighted by Gasteiger charge is -2.34. The topological polar surface area (TPSA) is 112 Å². The van der Waals surface area contributed by atoms with Crippen LogP contribution in [0.5, 0.6) is 0 Å². The summed E-state index contributed by atoms with van der Waals surface area (Å²) in [6.07, 6.45) is 5.46. The van der Waals surface area contributed by atoms with Crippen molar-refractivity contribution in [3.63, 3.8) is 0 Å². The Morgan fingerprint density at radius 3 is 1.68 bits per heavy atom. The Labute approximate surface area is 203 Å². The highest BCUT2D eigenvalue weighted by molar-refractivity contribution is 5.84. The zero-order valence-electron chi connectivity index (χ0n) is 21.0. The second-order valence-electron chi connectivity index (χ2n) is 8.78. The zero-order valence-corrected chi connectivity index (χ0v) is 21.0. The van der Waals surface area contributed by atoms with Gasteiger partial charge < -0.3 is 29.6 Å². The van der Waals surface area contributed by atoms with E-state index in [0.29, 0.717) is 32.8 Å². The molecular formula is C25H42N2O7. The van der Waals surface area contributed by atoms with Crippen molar-refractivity contribution in [2.75, 3.05) is 46.2 Å². The van der Waals surface area contributed by atoms with Crippen molar-refractivity contribution in [1.82, 2.24) is 10.6 Å². The van der Waals surface area contributed by atoms with Crippen molar-refractivity contribution >= 4 is 17.8 Å². The molecule has 9 nitrogen and oxygen atoms in total. The van der Waals surface area contributed by atoms with Crippen LogP contribution in [0.2, 0.25) is 0 Å². The van der Waals surface area contributed by atoms with Crippen LogP contribution in [0.25, 0.3) is 0 Å².